The fraction of sp³-hybridized carbons (Fsp3) is 0.190. The molecule has 26 heavy (non-hydrogen) atoms. The van der Waals surface area contributed by atoms with Gasteiger partial charge < -0.3 is 4.90 Å². The van der Waals surface area contributed by atoms with Gasteiger partial charge in [-0.25, -0.2) is 4.90 Å². The normalized spacial score (nSPS) is 29.5. The second kappa shape index (κ2) is 5.39. The van der Waals surface area contributed by atoms with Gasteiger partial charge in [0.25, 0.3) is 0 Å². The Bertz CT molecular complexity index is 938. The zero-order chi connectivity index (χ0) is 17.8. The molecule has 0 radical (unpaired) electrons. The number of rotatable bonds is 2. The third kappa shape index (κ3) is 1.88. The number of para-hydroxylation sites is 2. The number of hydrogen-bond donors (Lipinski definition) is 0. The Hall–Kier alpha value is -3.21. The fourth-order valence-corrected chi connectivity index (χ4v) is 4.52. The summed E-state index contributed by atoms with van der Waals surface area (Å²) < 4.78 is 0. The van der Waals surface area contributed by atoms with Crippen LogP contribution in [-0.2, 0) is 14.4 Å². The summed E-state index contributed by atoms with van der Waals surface area (Å²) in [5, 5.41) is 0. The maximum Gasteiger partial charge on any atom is 0.240 e. The Balaban J connectivity index is 1.61. The average Bonchev–Trinajstić information content (AvgIpc) is 3.09. The van der Waals surface area contributed by atoms with E-state index in [4.69, 9.17) is 0 Å². The van der Waals surface area contributed by atoms with E-state index >= 15 is 0 Å². The molecule has 0 N–H and O–H groups in total. The van der Waals surface area contributed by atoms with Crippen LogP contribution in [0.1, 0.15) is 0 Å². The number of benzene rings is 2. The van der Waals surface area contributed by atoms with Gasteiger partial charge in [-0.05, 0) is 30.3 Å². The van der Waals surface area contributed by atoms with Crippen LogP contribution in [0.4, 0.5) is 11.4 Å². The summed E-state index contributed by atoms with van der Waals surface area (Å²) in [6.07, 6.45) is 3.30. The number of anilines is 2. The highest BCUT2D eigenvalue weighted by molar-refractivity contribution is 6.25. The largest absolute Gasteiger partial charge is 0.353 e. The third-order valence-corrected chi connectivity index (χ3v) is 5.54. The topological polar surface area (TPSA) is 57.7 Å². The van der Waals surface area contributed by atoms with Crippen LogP contribution in [-0.4, -0.2) is 29.7 Å². The first-order valence-corrected chi connectivity index (χ1v) is 8.67. The average molecular weight is 344 g/mol. The Labute approximate surface area is 150 Å². The Morgan fingerprint density at radius 3 is 1.92 bits per heavy atom. The van der Waals surface area contributed by atoms with Crippen molar-refractivity contribution in [2.45, 2.75) is 12.1 Å². The predicted octanol–water partition coefficient (Wildman–Crippen LogP) is 2.19. The second-order valence-corrected chi connectivity index (χ2v) is 6.84. The minimum Gasteiger partial charge on any atom is -0.353 e. The molecule has 2 aromatic rings. The van der Waals surface area contributed by atoms with E-state index < -0.39 is 17.9 Å². The van der Waals surface area contributed by atoms with Gasteiger partial charge in [-0.2, -0.15) is 0 Å². The Morgan fingerprint density at radius 2 is 1.27 bits per heavy atom. The van der Waals surface area contributed by atoms with Crippen molar-refractivity contribution in [1.82, 2.24) is 0 Å². The van der Waals surface area contributed by atoms with Crippen LogP contribution in [0, 0.1) is 11.8 Å². The summed E-state index contributed by atoms with van der Waals surface area (Å²) in [4.78, 5) is 42.2. The van der Waals surface area contributed by atoms with E-state index in [2.05, 4.69) is 0 Å². The standard InChI is InChI=1S/C21H16N2O3/c24-16-12-11-15-17-18(19(16)22(15)13-7-3-1-4-8-13)21(26)23(20(17)25)14-9-5-2-6-10-14/h1-12,15,17-19H/t15-,17+,18+,19-/m0/s1. The van der Waals surface area contributed by atoms with E-state index in [1.165, 1.54) is 11.0 Å². The molecule has 0 aliphatic carbocycles. The van der Waals surface area contributed by atoms with E-state index in [1.54, 1.807) is 30.3 Å². The summed E-state index contributed by atoms with van der Waals surface area (Å²) in [6, 6.07) is 17.6. The molecule has 5 rings (SSSR count). The van der Waals surface area contributed by atoms with Crippen molar-refractivity contribution < 1.29 is 14.4 Å². The molecule has 3 heterocycles. The maximum absolute atomic E-state index is 13.2. The molecule has 2 aromatic carbocycles. The molecule has 2 fully saturated rings. The zero-order valence-corrected chi connectivity index (χ0v) is 13.9. The van der Waals surface area contributed by atoms with Crippen LogP contribution in [0.15, 0.2) is 72.8 Å². The molecule has 3 aliphatic heterocycles. The van der Waals surface area contributed by atoms with Crippen LogP contribution in [0.5, 0.6) is 0 Å². The van der Waals surface area contributed by atoms with Gasteiger partial charge in [0, 0.05) is 5.69 Å². The van der Waals surface area contributed by atoms with Crippen LogP contribution >= 0.6 is 0 Å². The molecule has 0 spiro atoms. The zero-order valence-electron chi connectivity index (χ0n) is 13.9. The minimum atomic E-state index is -0.643. The van der Waals surface area contributed by atoms with Crippen LogP contribution < -0.4 is 9.80 Å². The van der Waals surface area contributed by atoms with Crippen molar-refractivity contribution in [3.05, 3.63) is 72.8 Å². The number of fused-ring (bicyclic) bond motifs is 5. The quantitative estimate of drug-likeness (QED) is 0.784. The van der Waals surface area contributed by atoms with Crippen molar-refractivity contribution >= 4 is 29.0 Å². The monoisotopic (exact) mass is 344 g/mol. The lowest BCUT2D eigenvalue weighted by atomic mass is 9.90. The lowest BCUT2D eigenvalue weighted by molar-refractivity contribution is -0.125. The molecule has 4 atom stereocenters. The van der Waals surface area contributed by atoms with Crippen molar-refractivity contribution in [2.24, 2.45) is 11.8 Å². The number of nitrogens with zero attached hydrogens (tertiary/aromatic N) is 2. The van der Waals surface area contributed by atoms with Crippen LogP contribution in [0.25, 0.3) is 0 Å². The molecule has 128 valence electrons. The van der Waals surface area contributed by atoms with E-state index in [-0.39, 0.29) is 23.6 Å². The third-order valence-electron chi connectivity index (χ3n) is 5.54. The SMILES string of the molecule is O=C1C=C[C@H]2[C@H]3C(=O)N(c4ccccc4)C(=O)[C@H]3[C@H]1N2c1ccccc1. The van der Waals surface area contributed by atoms with Gasteiger partial charge in [0.2, 0.25) is 11.8 Å². The first-order chi connectivity index (χ1) is 12.7. The molecule has 2 amide bonds. The smallest absolute Gasteiger partial charge is 0.240 e. The fourth-order valence-electron chi connectivity index (χ4n) is 4.52. The summed E-state index contributed by atoms with van der Waals surface area (Å²) in [6.45, 7) is 0. The van der Waals surface area contributed by atoms with E-state index in [9.17, 15) is 14.4 Å². The van der Waals surface area contributed by atoms with Crippen molar-refractivity contribution in [3.63, 3.8) is 0 Å². The predicted molar refractivity (Wildman–Crippen MR) is 96.6 cm³/mol. The van der Waals surface area contributed by atoms with Gasteiger partial charge >= 0.3 is 0 Å². The van der Waals surface area contributed by atoms with Crippen molar-refractivity contribution in [1.29, 1.82) is 0 Å². The molecule has 0 unspecified atom stereocenters. The number of hydrogen-bond acceptors (Lipinski definition) is 4. The molecule has 5 nitrogen and oxygen atoms in total. The van der Waals surface area contributed by atoms with E-state index in [1.807, 2.05) is 41.3 Å². The summed E-state index contributed by atoms with van der Waals surface area (Å²) >= 11 is 0. The van der Waals surface area contributed by atoms with Gasteiger partial charge in [-0.1, -0.05) is 42.5 Å². The highest BCUT2D eigenvalue weighted by Crippen LogP contribution is 2.48. The van der Waals surface area contributed by atoms with Crippen LogP contribution in [0.2, 0.25) is 0 Å². The molecule has 0 saturated carbocycles. The first-order valence-electron chi connectivity index (χ1n) is 8.67. The van der Waals surface area contributed by atoms with Gasteiger partial charge in [0.15, 0.2) is 5.78 Å². The molecule has 5 heteroatoms. The molecular formula is C21H16N2O3. The lowest BCUT2D eigenvalue weighted by Gasteiger charge is -2.35. The number of imide groups is 1. The number of ketones is 1. The molecule has 3 aliphatic rings. The van der Waals surface area contributed by atoms with Gasteiger partial charge in [-0.3, -0.25) is 14.4 Å². The van der Waals surface area contributed by atoms with Crippen LogP contribution in [0.3, 0.4) is 0 Å². The van der Waals surface area contributed by atoms with E-state index in [0.29, 0.717) is 5.69 Å². The molecule has 2 bridgehead atoms. The maximum atomic E-state index is 13.2. The molecule has 0 aromatic heterocycles. The summed E-state index contributed by atoms with van der Waals surface area (Å²) in [5.74, 6) is -1.80. The number of carbonyl (C=O) groups is 3. The Morgan fingerprint density at radius 1 is 0.692 bits per heavy atom. The summed E-state index contributed by atoms with van der Waals surface area (Å²) in [5.41, 5.74) is 1.43. The van der Waals surface area contributed by atoms with Crippen molar-refractivity contribution in [3.8, 4) is 0 Å². The number of carbonyl (C=O) groups excluding carboxylic acids is 3. The highest BCUT2D eigenvalue weighted by atomic mass is 16.2. The second-order valence-electron chi connectivity index (χ2n) is 6.84. The van der Waals surface area contributed by atoms with E-state index in [0.717, 1.165) is 5.69 Å². The lowest BCUT2D eigenvalue weighted by Crippen LogP contribution is -2.49. The molecule has 2 saturated heterocycles. The van der Waals surface area contributed by atoms with Gasteiger partial charge in [0.1, 0.15) is 6.04 Å². The molecular weight excluding hydrogens is 328 g/mol. The highest BCUT2D eigenvalue weighted by Gasteiger charge is 2.64. The first kappa shape index (κ1) is 15.1. The minimum absolute atomic E-state index is 0.117. The van der Waals surface area contributed by atoms with Gasteiger partial charge in [0.05, 0.1) is 23.6 Å². The van der Waals surface area contributed by atoms with Crippen molar-refractivity contribution in [2.75, 3.05) is 9.80 Å². The number of amides is 2. The van der Waals surface area contributed by atoms with Gasteiger partial charge in [-0.15, -0.1) is 0 Å². The summed E-state index contributed by atoms with van der Waals surface area (Å²) in [7, 11) is 0. The Kier molecular flexibility index (Phi) is 3.13.